The number of nitrogen functional groups attached to an aromatic ring is 1. The minimum absolute atomic E-state index is 0.550. The van der Waals surface area contributed by atoms with Crippen molar-refractivity contribution in [1.29, 1.82) is 0 Å². The summed E-state index contributed by atoms with van der Waals surface area (Å²) in [5, 5.41) is 8.35. The van der Waals surface area contributed by atoms with Gasteiger partial charge in [-0.15, -0.1) is 10.2 Å². The van der Waals surface area contributed by atoms with Crippen LogP contribution < -0.4 is 5.73 Å². The summed E-state index contributed by atoms with van der Waals surface area (Å²) in [5.74, 6) is 0.550. The molecule has 2 heterocycles. The van der Waals surface area contributed by atoms with Crippen molar-refractivity contribution in [2.75, 3.05) is 45.5 Å². The maximum atomic E-state index is 6.00. The van der Waals surface area contributed by atoms with Crippen molar-refractivity contribution in [2.45, 2.75) is 6.42 Å². The molecule has 0 radical (unpaired) electrons. The van der Waals surface area contributed by atoms with Crippen LogP contribution in [-0.2, 0) is 6.42 Å². The molecule has 5 nitrogen and oxygen atoms in total. The lowest BCUT2D eigenvalue weighted by atomic mass is 10.1. The predicted octanol–water partition coefficient (Wildman–Crippen LogP) is 1.52. The number of hydrogen-bond donors (Lipinski definition) is 1. The molecule has 0 bridgehead atoms. The Hall–Kier alpha value is -1.98. The standard InChI is InChI=1S/C17H23N5/c1-21-9-11-22(12-10-21)8-7-15-13-16(19-20-17(15)18)14-5-3-2-4-6-14/h2-6,13H,7-12H2,1H3,(H2,18,20). The van der Waals surface area contributed by atoms with E-state index in [1.54, 1.807) is 0 Å². The van der Waals surface area contributed by atoms with Crippen molar-refractivity contribution in [3.05, 3.63) is 42.0 Å². The van der Waals surface area contributed by atoms with E-state index < -0.39 is 0 Å². The fourth-order valence-corrected chi connectivity index (χ4v) is 2.74. The van der Waals surface area contributed by atoms with Gasteiger partial charge in [0.1, 0.15) is 5.82 Å². The van der Waals surface area contributed by atoms with Gasteiger partial charge in [0.05, 0.1) is 5.69 Å². The third-order valence-corrected chi connectivity index (χ3v) is 4.27. The van der Waals surface area contributed by atoms with E-state index in [0.717, 1.165) is 56.0 Å². The Morgan fingerprint density at radius 3 is 2.50 bits per heavy atom. The minimum Gasteiger partial charge on any atom is -0.382 e. The SMILES string of the molecule is CN1CCN(CCc2cc(-c3ccccc3)nnc2N)CC1. The summed E-state index contributed by atoms with van der Waals surface area (Å²) in [5.41, 5.74) is 9.07. The zero-order chi connectivity index (χ0) is 15.4. The fourth-order valence-electron chi connectivity index (χ4n) is 2.74. The van der Waals surface area contributed by atoms with Crippen LogP contribution in [0.5, 0.6) is 0 Å². The van der Waals surface area contributed by atoms with E-state index in [2.05, 4.69) is 33.1 Å². The summed E-state index contributed by atoms with van der Waals surface area (Å²) in [7, 11) is 2.17. The molecule has 22 heavy (non-hydrogen) atoms. The molecular weight excluding hydrogens is 274 g/mol. The molecular formula is C17H23N5. The van der Waals surface area contributed by atoms with Crippen LogP contribution in [0.4, 0.5) is 5.82 Å². The zero-order valence-electron chi connectivity index (χ0n) is 13.1. The Labute approximate surface area is 131 Å². The molecule has 1 aromatic carbocycles. The van der Waals surface area contributed by atoms with Gasteiger partial charge in [0, 0.05) is 38.3 Å². The highest BCUT2D eigenvalue weighted by Crippen LogP contribution is 2.19. The Balaban J connectivity index is 1.68. The van der Waals surface area contributed by atoms with Crippen LogP contribution in [0.1, 0.15) is 5.56 Å². The Morgan fingerprint density at radius 2 is 1.77 bits per heavy atom. The number of benzene rings is 1. The van der Waals surface area contributed by atoms with Crippen LogP contribution in [0, 0.1) is 0 Å². The van der Waals surface area contributed by atoms with Crippen molar-refractivity contribution >= 4 is 5.82 Å². The zero-order valence-corrected chi connectivity index (χ0v) is 13.1. The highest BCUT2D eigenvalue weighted by Gasteiger charge is 2.14. The van der Waals surface area contributed by atoms with Gasteiger partial charge in [0.15, 0.2) is 0 Å². The lowest BCUT2D eigenvalue weighted by Gasteiger charge is -2.32. The Kier molecular flexibility index (Phi) is 4.65. The second kappa shape index (κ2) is 6.85. The van der Waals surface area contributed by atoms with Gasteiger partial charge in [0.25, 0.3) is 0 Å². The number of likely N-dealkylation sites (N-methyl/N-ethyl adjacent to an activating group) is 1. The molecule has 1 fully saturated rings. The third kappa shape index (κ3) is 3.61. The summed E-state index contributed by atoms with van der Waals surface area (Å²) in [4.78, 5) is 4.86. The van der Waals surface area contributed by atoms with Gasteiger partial charge >= 0.3 is 0 Å². The molecule has 1 saturated heterocycles. The van der Waals surface area contributed by atoms with Gasteiger partial charge in [-0.05, 0) is 25.1 Å². The lowest BCUT2D eigenvalue weighted by Crippen LogP contribution is -2.45. The van der Waals surface area contributed by atoms with E-state index in [-0.39, 0.29) is 0 Å². The maximum Gasteiger partial charge on any atom is 0.149 e. The average Bonchev–Trinajstić information content (AvgIpc) is 2.56. The molecule has 2 aromatic rings. The van der Waals surface area contributed by atoms with Gasteiger partial charge in [-0.3, -0.25) is 0 Å². The number of piperazine rings is 1. The van der Waals surface area contributed by atoms with Crippen molar-refractivity contribution < 1.29 is 0 Å². The second-order valence-electron chi connectivity index (χ2n) is 5.90. The summed E-state index contributed by atoms with van der Waals surface area (Å²) in [6.45, 7) is 5.55. The Bertz CT molecular complexity index is 606. The number of nitrogens with two attached hydrogens (primary N) is 1. The quantitative estimate of drug-likeness (QED) is 0.927. The smallest absolute Gasteiger partial charge is 0.149 e. The van der Waals surface area contributed by atoms with Gasteiger partial charge in [0.2, 0.25) is 0 Å². The van der Waals surface area contributed by atoms with Crippen molar-refractivity contribution in [3.63, 3.8) is 0 Å². The number of aromatic nitrogens is 2. The molecule has 0 unspecified atom stereocenters. The van der Waals surface area contributed by atoms with Crippen LogP contribution in [0.3, 0.4) is 0 Å². The molecule has 0 amide bonds. The highest BCUT2D eigenvalue weighted by atomic mass is 15.2. The summed E-state index contributed by atoms with van der Waals surface area (Å²) in [6, 6.07) is 12.2. The van der Waals surface area contributed by atoms with Crippen molar-refractivity contribution in [3.8, 4) is 11.3 Å². The molecule has 2 N–H and O–H groups in total. The first-order valence-corrected chi connectivity index (χ1v) is 7.81. The highest BCUT2D eigenvalue weighted by molar-refractivity contribution is 5.61. The minimum atomic E-state index is 0.550. The first kappa shape index (κ1) is 14.9. The molecule has 5 heteroatoms. The van der Waals surface area contributed by atoms with Crippen LogP contribution in [0.2, 0.25) is 0 Å². The molecule has 1 aliphatic rings. The summed E-state index contributed by atoms with van der Waals surface area (Å²) in [6.07, 6.45) is 0.922. The van der Waals surface area contributed by atoms with E-state index >= 15 is 0 Å². The molecule has 0 aliphatic carbocycles. The normalized spacial score (nSPS) is 16.8. The predicted molar refractivity (Wildman–Crippen MR) is 89.5 cm³/mol. The fraction of sp³-hybridized carbons (Fsp3) is 0.412. The molecule has 0 saturated carbocycles. The van der Waals surface area contributed by atoms with Gasteiger partial charge < -0.3 is 15.5 Å². The first-order valence-electron chi connectivity index (χ1n) is 7.81. The number of anilines is 1. The number of hydrogen-bond acceptors (Lipinski definition) is 5. The largest absolute Gasteiger partial charge is 0.382 e. The lowest BCUT2D eigenvalue weighted by molar-refractivity contribution is 0.155. The number of rotatable bonds is 4. The van der Waals surface area contributed by atoms with E-state index in [4.69, 9.17) is 5.73 Å². The molecule has 1 aromatic heterocycles. The van der Waals surface area contributed by atoms with Gasteiger partial charge in [-0.25, -0.2) is 0 Å². The number of nitrogens with zero attached hydrogens (tertiary/aromatic N) is 4. The molecule has 0 spiro atoms. The van der Waals surface area contributed by atoms with Crippen molar-refractivity contribution in [2.24, 2.45) is 0 Å². The molecule has 0 atom stereocenters. The molecule has 3 rings (SSSR count). The van der Waals surface area contributed by atoms with Crippen LogP contribution >= 0.6 is 0 Å². The van der Waals surface area contributed by atoms with E-state index in [1.165, 1.54) is 0 Å². The molecule has 116 valence electrons. The van der Waals surface area contributed by atoms with Gasteiger partial charge in [-0.1, -0.05) is 30.3 Å². The summed E-state index contributed by atoms with van der Waals surface area (Å²) >= 11 is 0. The maximum absolute atomic E-state index is 6.00. The Morgan fingerprint density at radius 1 is 1.05 bits per heavy atom. The van der Waals surface area contributed by atoms with Crippen LogP contribution in [0.25, 0.3) is 11.3 Å². The second-order valence-corrected chi connectivity index (χ2v) is 5.90. The van der Waals surface area contributed by atoms with Crippen molar-refractivity contribution in [1.82, 2.24) is 20.0 Å². The average molecular weight is 297 g/mol. The topological polar surface area (TPSA) is 58.3 Å². The van der Waals surface area contributed by atoms with E-state index in [1.807, 2.05) is 30.3 Å². The molecule has 1 aliphatic heterocycles. The van der Waals surface area contributed by atoms with E-state index in [9.17, 15) is 0 Å². The van der Waals surface area contributed by atoms with Gasteiger partial charge in [-0.2, -0.15) is 0 Å². The first-order chi connectivity index (χ1) is 10.7. The third-order valence-electron chi connectivity index (χ3n) is 4.27. The van der Waals surface area contributed by atoms with E-state index in [0.29, 0.717) is 5.82 Å². The monoisotopic (exact) mass is 297 g/mol. The van der Waals surface area contributed by atoms with Crippen LogP contribution in [0.15, 0.2) is 36.4 Å². The van der Waals surface area contributed by atoms with Crippen LogP contribution in [-0.4, -0.2) is 59.8 Å². The summed E-state index contributed by atoms with van der Waals surface area (Å²) < 4.78 is 0.